The Kier molecular flexibility index (Phi) is 4.09. The topological polar surface area (TPSA) is 72.5 Å². The molecule has 6 heteroatoms. The highest BCUT2D eigenvalue weighted by Crippen LogP contribution is 2.27. The number of carbonyl (C=O) groups excluding carboxylic acids is 1. The molecule has 4 nitrogen and oxygen atoms in total. The maximum Gasteiger partial charge on any atom is 0.322 e. The minimum Gasteiger partial charge on any atom is -0.504 e. The standard InChI is InChI=1S/C10H11ClFNO3/c1-16-10(15)8(13)4-5-2-6(11)9(14)7(12)3-5/h2-3,8,14H,4,13H2,1H3. The number of hydrogen-bond donors (Lipinski definition) is 2. The van der Waals surface area contributed by atoms with Gasteiger partial charge in [-0.2, -0.15) is 0 Å². The fourth-order valence-corrected chi connectivity index (χ4v) is 1.45. The lowest BCUT2D eigenvalue weighted by atomic mass is 10.1. The van der Waals surface area contributed by atoms with Crippen LogP contribution in [0.25, 0.3) is 0 Å². The number of methoxy groups -OCH3 is 1. The minimum atomic E-state index is -0.884. The summed E-state index contributed by atoms with van der Waals surface area (Å²) in [6.45, 7) is 0. The number of phenolic OH excluding ortho intramolecular Hbond substituents is 1. The zero-order valence-corrected chi connectivity index (χ0v) is 9.29. The number of phenols is 1. The average molecular weight is 248 g/mol. The molecule has 0 bridgehead atoms. The predicted molar refractivity (Wildman–Crippen MR) is 56.8 cm³/mol. The molecule has 0 saturated carbocycles. The molecule has 0 saturated heterocycles. The van der Waals surface area contributed by atoms with Crippen LogP contribution in [-0.2, 0) is 16.0 Å². The summed E-state index contributed by atoms with van der Waals surface area (Å²) in [4.78, 5) is 11.0. The Morgan fingerprint density at radius 3 is 2.81 bits per heavy atom. The molecule has 0 aliphatic heterocycles. The molecule has 0 aromatic heterocycles. The van der Waals surface area contributed by atoms with Crippen LogP contribution >= 0.6 is 11.6 Å². The third-order valence-corrected chi connectivity index (χ3v) is 2.32. The van der Waals surface area contributed by atoms with Crippen molar-refractivity contribution in [3.8, 4) is 5.75 Å². The van der Waals surface area contributed by atoms with Gasteiger partial charge in [-0.1, -0.05) is 11.6 Å². The quantitative estimate of drug-likeness (QED) is 0.788. The second kappa shape index (κ2) is 5.14. The molecule has 1 unspecified atom stereocenters. The van der Waals surface area contributed by atoms with Crippen molar-refractivity contribution < 1.29 is 19.0 Å². The highest BCUT2D eigenvalue weighted by atomic mass is 35.5. The Hall–Kier alpha value is -1.33. The molecular formula is C10H11ClFNO3. The number of esters is 1. The van der Waals surface area contributed by atoms with Gasteiger partial charge in [-0.3, -0.25) is 4.79 Å². The summed E-state index contributed by atoms with van der Waals surface area (Å²) in [6, 6.07) is 1.54. The maximum absolute atomic E-state index is 13.1. The summed E-state index contributed by atoms with van der Waals surface area (Å²) in [5.41, 5.74) is 5.91. The van der Waals surface area contributed by atoms with E-state index in [9.17, 15) is 9.18 Å². The molecule has 88 valence electrons. The smallest absolute Gasteiger partial charge is 0.322 e. The first-order chi connectivity index (χ1) is 7.45. The SMILES string of the molecule is COC(=O)C(N)Cc1cc(F)c(O)c(Cl)c1. The lowest BCUT2D eigenvalue weighted by molar-refractivity contribution is -0.142. The summed E-state index contributed by atoms with van der Waals surface area (Å²) in [6.07, 6.45) is 0.0869. The van der Waals surface area contributed by atoms with Gasteiger partial charge in [0.15, 0.2) is 11.6 Å². The van der Waals surface area contributed by atoms with Crippen LogP contribution in [0, 0.1) is 5.82 Å². The van der Waals surface area contributed by atoms with Gasteiger partial charge < -0.3 is 15.6 Å². The van der Waals surface area contributed by atoms with E-state index in [-0.39, 0.29) is 11.4 Å². The van der Waals surface area contributed by atoms with E-state index in [0.717, 1.165) is 6.07 Å². The molecule has 1 aromatic carbocycles. The molecule has 1 aromatic rings. The zero-order chi connectivity index (χ0) is 12.3. The molecule has 16 heavy (non-hydrogen) atoms. The van der Waals surface area contributed by atoms with Gasteiger partial charge in [0, 0.05) is 0 Å². The lowest BCUT2D eigenvalue weighted by Crippen LogP contribution is -2.33. The fraction of sp³-hybridized carbons (Fsp3) is 0.300. The maximum atomic E-state index is 13.1. The zero-order valence-electron chi connectivity index (χ0n) is 8.54. The van der Waals surface area contributed by atoms with Gasteiger partial charge in [-0.15, -0.1) is 0 Å². The molecule has 1 atom stereocenters. The molecule has 0 spiro atoms. The molecule has 0 aliphatic rings. The predicted octanol–water partition coefficient (Wildman–Crippen LogP) is 1.23. The second-order valence-electron chi connectivity index (χ2n) is 3.24. The van der Waals surface area contributed by atoms with Crippen LogP contribution < -0.4 is 5.73 Å². The van der Waals surface area contributed by atoms with E-state index in [1.54, 1.807) is 0 Å². The van der Waals surface area contributed by atoms with Crippen molar-refractivity contribution in [2.45, 2.75) is 12.5 Å². The number of rotatable bonds is 3. The highest BCUT2D eigenvalue weighted by molar-refractivity contribution is 6.32. The Labute approximate surface area is 96.8 Å². The van der Waals surface area contributed by atoms with Crippen LogP contribution in [0.1, 0.15) is 5.56 Å². The van der Waals surface area contributed by atoms with Crippen LogP contribution in [0.15, 0.2) is 12.1 Å². The third kappa shape index (κ3) is 2.84. The minimum absolute atomic E-state index is 0.0869. The normalized spacial score (nSPS) is 12.2. The van der Waals surface area contributed by atoms with Crippen molar-refractivity contribution in [3.05, 3.63) is 28.5 Å². The summed E-state index contributed by atoms with van der Waals surface area (Å²) in [5, 5.41) is 8.97. The molecule has 0 radical (unpaired) electrons. The van der Waals surface area contributed by atoms with Gasteiger partial charge in [-0.25, -0.2) is 4.39 Å². The average Bonchev–Trinajstić information content (AvgIpc) is 2.24. The van der Waals surface area contributed by atoms with E-state index in [1.165, 1.54) is 13.2 Å². The van der Waals surface area contributed by atoms with Crippen molar-refractivity contribution in [2.24, 2.45) is 5.73 Å². The third-order valence-electron chi connectivity index (χ3n) is 2.04. The summed E-state index contributed by atoms with van der Waals surface area (Å²) >= 11 is 5.57. The molecule has 3 N–H and O–H groups in total. The largest absolute Gasteiger partial charge is 0.504 e. The van der Waals surface area contributed by atoms with Gasteiger partial charge >= 0.3 is 5.97 Å². The summed E-state index contributed by atoms with van der Waals surface area (Å²) in [7, 11) is 1.21. The molecule has 0 amide bonds. The Morgan fingerprint density at radius 2 is 2.31 bits per heavy atom. The number of carbonyl (C=O) groups is 1. The Morgan fingerprint density at radius 1 is 1.69 bits per heavy atom. The number of ether oxygens (including phenoxy) is 1. The van der Waals surface area contributed by atoms with Crippen molar-refractivity contribution in [1.82, 2.24) is 0 Å². The van der Waals surface area contributed by atoms with E-state index in [1.807, 2.05) is 0 Å². The van der Waals surface area contributed by atoms with Crippen molar-refractivity contribution in [2.75, 3.05) is 7.11 Å². The highest BCUT2D eigenvalue weighted by Gasteiger charge is 2.16. The second-order valence-corrected chi connectivity index (χ2v) is 3.65. The van der Waals surface area contributed by atoms with Crippen LogP contribution in [0.5, 0.6) is 5.75 Å². The first-order valence-corrected chi connectivity index (χ1v) is 4.83. The van der Waals surface area contributed by atoms with Crippen molar-refractivity contribution in [3.63, 3.8) is 0 Å². The fourth-order valence-electron chi connectivity index (χ4n) is 1.22. The van der Waals surface area contributed by atoms with E-state index in [4.69, 9.17) is 22.4 Å². The van der Waals surface area contributed by atoms with E-state index in [0.29, 0.717) is 5.56 Å². The molecule has 1 rings (SSSR count). The monoisotopic (exact) mass is 247 g/mol. The van der Waals surface area contributed by atoms with Crippen LogP contribution in [0.2, 0.25) is 5.02 Å². The first-order valence-electron chi connectivity index (χ1n) is 4.46. The van der Waals surface area contributed by atoms with Gasteiger partial charge in [0.05, 0.1) is 12.1 Å². The molecule has 0 fully saturated rings. The van der Waals surface area contributed by atoms with Crippen LogP contribution in [0.3, 0.4) is 0 Å². The molecule has 0 aliphatic carbocycles. The van der Waals surface area contributed by atoms with E-state index < -0.39 is 23.6 Å². The summed E-state index contributed by atoms with van der Waals surface area (Å²) < 4.78 is 17.5. The van der Waals surface area contributed by atoms with Gasteiger partial charge in [-0.05, 0) is 24.1 Å². The number of benzene rings is 1. The summed E-state index contributed by atoms with van der Waals surface area (Å²) in [5.74, 6) is -2.05. The Balaban J connectivity index is 2.86. The van der Waals surface area contributed by atoms with Crippen LogP contribution in [0.4, 0.5) is 4.39 Å². The van der Waals surface area contributed by atoms with Gasteiger partial charge in [0.25, 0.3) is 0 Å². The van der Waals surface area contributed by atoms with Gasteiger partial charge in [0.2, 0.25) is 0 Å². The Bertz CT molecular complexity index is 388. The van der Waals surface area contributed by atoms with Gasteiger partial charge in [0.1, 0.15) is 6.04 Å². The number of aromatic hydroxyl groups is 1. The van der Waals surface area contributed by atoms with Crippen molar-refractivity contribution in [1.29, 1.82) is 0 Å². The number of halogens is 2. The van der Waals surface area contributed by atoms with E-state index >= 15 is 0 Å². The number of hydrogen-bond acceptors (Lipinski definition) is 4. The van der Waals surface area contributed by atoms with Crippen molar-refractivity contribution >= 4 is 17.6 Å². The molecular weight excluding hydrogens is 237 g/mol. The number of nitrogens with two attached hydrogens (primary N) is 1. The molecule has 0 heterocycles. The van der Waals surface area contributed by atoms with Crippen LogP contribution in [-0.4, -0.2) is 24.2 Å². The lowest BCUT2D eigenvalue weighted by Gasteiger charge is -2.10. The van der Waals surface area contributed by atoms with E-state index in [2.05, 4.69) is 4.74 Å². The first kappa shape index (κ1) is 12.7.